The van der Waals surface area contributed by atoms with E-state index in [1.54, 1.807) is 29.9 Å². The lowest BCUT2D eigenvalue weighted by atomic mass is 10.0. The van der Waals surface area contributed by atoms with Gasteiger partial charge in [0.2, 0.25) is 5.96 Å². The van der Waals surface area contributed by atoms with Crippen LogP contribution in [0.1, 0.15) is 52.9 Å². The monoisotopic (exact) mass is 686 g/mol. The lowest BCUT2D eigenvalue weighted by molar-refractivity contribution is -0.137. The van der Waals surface area contributed by atoms with Crippen molar-refractivity contribution in [3.63, 3.8) is 0 Å². The third-order valence-corrected chi connectivity index (χ3v) is 8.45. The number of nitrogens with one attached hydrogen (secondary N) is 3. The van der Waals surface area contributed by atoms with Gasteiger partial charge in [0.1, 0.15) is 0 Å². The molecule has 0 atom stereocenters. The Morgan fingerprint density at radius 3 is 2.48 bits per heavy atom. The normalized spacial score (nSPS) is 11.6. The number of rotatable bonds is 11. The first-order chi connectivity index (χ1) is 22.1. The van der Waals surface area contributed by atoms with Gasteiger partial charge in [-0.05, 0) is 73.9 Å². The molecule has 0 bridgehead atoms. The first-order valence-corrected chi connectivity index (χ1v) is 15.9. The third kappa shape index (κ3) is 9.25. The summed E-state index contributed by atoms with van der Waals surface area (Å²) in [6.45, 7) is 1.05. The zero-order valence-electron chi connectivity index (χ0n) is 24.8. The van der Waals surface area contributed by atoms with Crippen LogP contribution in [0.4, 0.5) is 13.2 Å². The Morgan fingerprint density at radius 2 is 1.80 bits per heavy atom. The molecule has 2 aromatic carbocycles. The number of hydrogen-bond donors (Lipinski definition) is 4. The number of unbranched alkanes of at least 4 members (excludes halogenated alkanes) is 3. The summed E-state index contributed by atoms with van der Waals surface area (Å²) in [5.41, 5.74) is 5.56. The Kier molecular flexibility index (Phi) is 12.5. The highest BCUT2D eigenvalue weighted by molar-refractivity contribution is 7.16. The summed E-state index contributed by atoms with van der Waals surface area (Å²) in [7, 11) is 1.57. The van der Waals surface area contributed by atoms with E-state index in [1.807, 2.05) is 18.3 Å². The third-order valence-electron chi connectivity index (χ3n) is 6.90. The van der Waals surface area contributed by atoms with Gasteiger partial charge in [0.15, 0.2) is 6.19 Å². The number of halogens is 5. The number of guanidine groups is 1. The Balaban J connectivity index is 1.75. The highest BCUT2D eigenvalue weighted by atomic mass is 35.5. The SMILES string of the molecule is CN=C(NC#N)NCc1c(CCCCCCNN)nn(-c2ccc(Cl)cc2Cl)c1-c1ccc(C#Cc2ccc(C(F)(F)F)cc2)s1. The molecule has 0 aliphatic heterocycles. The lowest BCUT2D eigenvalue weighted by Gasteiger charge is -2.12. The molecule has 2 heterocycles. The van der Waals surface area contributed by atoms with E-state index in [4.69, 9.17) is 39.4 Å². The number of aliphatic imine (C=N–C) groups is 1. The number of hydrogen-bond acceptors (Lipinski definition) is 6. The molecule has 0 spiro atoms. The van der Waals surface area contributed by atoms with Crippen LogP contribution < -0.4 is 21.9 Å². The lowest BCUT2D eigenvalue weighted by Crippen LogP contribution is -2.34. The topological polar surface area (TPSA) is 116 Å². The number of thiophene rings is 1. The minimum Gasteiger partial charge on any atom is -0.351 e. The summed E-state index contributed by atoms with van der Waals surface area (Å²) in [5.74, 6) is 11.7. The van der Waals surface area contributed by atoms with Crippen LogP contribution in [0.15, 0.2) is 59.6 Å². The van der Waals surface area contributed by atoms with E-state index >= 15 is 0 Å². The van der Waals surface area contributed by atoms with Crippen LogP contribution in [-0.4, -0.2) is 29.3 Å². The molecular weight excluding hydrogens is 656 g/mol. The van der Waals surface area contributed by atoms with Crippen molar-refractivity contribution in [2.24, 2.45) is 10.8 Å². The van der Waals surface area contributed by atoms with Crippen LogP contribution >= 0.6 is 34.5 Å². The van der Waals surface area contributed by atoms with E-state index in [0.29, 0.717) is 45.1 Å². The van der Waals surface area contributed by atoms with Gasteiger partial charge in [-0.15, -0.1) is 11.3 Å². The molecule has 4 aromatic rings. The number of nitriles is 1. The molecule has 0 saturated heterocycles. The summed E-state index contributed by atoms with van der Waals surface area (Å²) >= 11 is 14.3. The molecule has 46 heavy (non-hydrogen) atoms. The van der Waals surface area contributed by atoms with E-state index in [0.717, 1.165) is 66.2 Å². The zero-order chi connectivity index (χ0) is 33.1. The highest BCUT2D eigenvalue weighted by Crippen LogP contribution is 2.37. The van der Waals surface area contributed by atoms with Gasteiger partial charge >= 0.3 is 6.18 Å². The number of nitrogens with two attached hydrogens (primary N) is 1. The second kappa shape index (κ2) is 16.5. The number of nitrogens with zero attached hydrogens (tertiary/aromatic N) is 4. The molecule has 0 amide bonds. The van der Waals surface area contributed by atoms with Gasteiger partial charge < -0.3 is 5.32 Å². The van der Waals surface area contributed by atoms with Crippen molar-refractivity contribution >= 4 is 40.5 Å². The predicted octanol–water partition coefficient (Wildman–Crippen LogP) is 7.04. The molecule has 0 fully saturated rings. The van der Waals surface area contributed by atoms with Crippen LogP contribution in [-0.2, 0) is 19.1 Å². The maximum absolute atomic E-state index is 13.0. The highest BCUT2D eigenvalue weighted by Gasteiger charge is 2.30. The molecule has 240 valence electrons. The van der Waals surface area contributed by atoms with Crippen LogP contribution in [0.5, 0.6) is 0 Å². The summed E-state index contributed by atoms with van der Waals surface area (Å²) in [6, 6.07) is 13.7. The molecule has 8 nitrogen and oxygen atoms in total. The van der Waals surface area contributed by atoms with Gasteiger partial charge in [-0.1, -0.05) is 47.9 Å². The van der Waals surface area contributed by atoms with Crippen molar-refractivity contribution in [1.29, 1.82) is 5.26 Å². The Bertz CT molecular complexity index is 1760. The van der Waals surface area contributed by atoms with Crippen molar-refractivity contribution in [3.05, 3.63) is 91.9 Å². The molecule has 0 saturated carbocycles. The molecule has 0 radical (unpaired) electrons. The van der Waals surface area contributed by atoms with Crippen molar-refractivity contribution in [2.45, 2.75) is 44.8 Å². The minimum atomic E-state index is -4.41. The van der Waals surface area contributed by atoms with E-state index in [1.165, 1.54) is 23.5 Å². The standard InChI is InChI=1S/C32H31Cl2F3N8S/c1-40-31(42-20-38)41-19-25-27(6-4-2-3-5-17-43-39)44-45(28-15-12-23(33)18-26(28)34)30(25)29-16-14-24(46-29)13-9-21-7-10-22(11-8-21)32(35,36)37/h7-8,10-12,14-16,18,43H,2-6,17,19,39H2,1H3,(H2,40,41,42). The first kappa shape index (κ1) is 34.8. The van der Waals surface area contributed by atoms with E-state index < -0.39 is 11.7 Å². The predicted molar refractivity (Wildman–Crippen MR) is 178 cm³/mol. The van der Waals surface area contributed by atoms with Crippen LogP contribution in [0.2, 0.25) is 10.0 Å². The summed E-state index contributed by atoms with van der Waals surface area (Å²) < 4.78 is 40.7. The molecule has 0 unspecified atom stereocenters. The Morgan fingerprint density at radius 1 is 1.04 bits per heavy atom. The first-order valence-electron chi connectivity index (χ1n) is 14.3. The molecule has 0 aliphatic rings. The van der Waals surface area contributed by atoms with Gasteiger partial charge in [-0.2, -0.15) is 23.5 Å². The summed E-state index contributed by atoms with van der Waals surface area (Å²) in [6.07, 6.45) is 2.01. The van der Waals surface area contributed by atoms with E-state index in [2.05, 4.69) is 32.9 Å². The number of aryl methyl sites for hydroxylation is 1. The molecular formula is C32H31Cl2F3N8S. The summed E-state index contributed by atoms with van der Waals surface area (Å²) in [4.78, 5) is 5.66. The minimum absolute atomic E-state index is 0.304. The van der Waals surface area contributed by atoms with Crippen LogP contribution in [0.3, 0.4) is 0 Å². The Hall–Kier alpha value is -4.04. The second-order valence-electron chi connectivity index (χ2n) is 10.1. The smallest absolute Gasteiger partial charge is 0.351 e. The largest absolute Gasteiger partial charge is 0.416 e. The van der Waals surface area contributed by atoms with Crippen molar-refractivity contribution in [1.82, 2.24) is 25.8 Å². The van der Waals surface area contributed by atoms with Crippen molar-refractivity contribution in [3.8, 4) is 34.3 Å². The number of alkyl halides is 3. The number of benzene rings is 2. The number of hydrazine groups is 1. The second-order valence-corrected chi connectivity index (χ2v) is 12.0. The van der Waals surface area contributed by atoms with Crippen molar-refractivity contribution in [2.75, 3.05) is 13.6 Å². The summed E-state index contributed by atoms with van der Waals surface area (Å²) in [5, 5.41) is 20.8. The van der Waals surface area contributed by atoms with Crippen LogP contribution in [0.25, 0.3) is 16.3 Å². The maximum Gasteiger partial charge on any atom is 0.416 e. The average Bonchev–Trinajstić information content (AvgIpc) is 3.64. The quantitative estimate of drug-likeness (QED) is 0.0197. The molecule has 14 heteroatoms. The fourth-order valence-corrected chi connectivity index (χ4v) is 6.05. The van der Waals surface area contributed by atoms with Crippen molar-refractivity contribution < 1.29 is 13.2 Å². The maximum atomic E-state index is 13.0. The molecule has 4 rings (SSSR count). The fourth-order valence-electron chi connectivity index (χ4n) is 4.65. The van der Waals surface area contributed by atoms with Gasteiger partial charge in [0, 0.05) is 36.3 Å². The molecule has 5 N–H and O–H groups in total. The van der Waals surface area contributed by atoms with Crippen LogP contribution in [0, 0.1) is 23.3 Å². The van der Waals surface area contributed by atoms with Gasteiger partial charge in [-0.3, -0.25) is 21.6 Å². The Labute approximate surface area is 279 Å². The number of aromatic nitrogens is 2. The zero-order valence-corrected chi connectivity index (χ0v) is 27.1. The average molecular weight is 688 g/mol. The van der Waals surface area contributed by atoms with Gasteiger partial charge in [0.05, 0.1) is 37.4 Å². The van der Waals surface area contributed by atoms with E-state index in [9.17, 15) is 13.2 Å². The van der Waals surface area contributed by atoms with Gasteiger partial charge in [0.25, 0.3) is 0 Å². The molecule has 0 aliphatic carbocycles. The molecule has 2 aromatic heterocycles. The van der Waals surface area contributed by atoms with E-state index in [-0.39, 0.29) is 0 Å². The fraction of sp³-hybridized carbons (Fsp3) is 0.281. The van der Waals surface area contributed by atoms with Gasteiger partial charge in [-0.25, -0.2) is 4.68 Å².